The molecular weight excluding hydrogens is 258 g/mol. The summed E-state index contributed by atoms with van der Waals surface area (Å²) in [6, 6.07) is 0.316. The molecule has 1 fully saturated rings. The van der Waals surface area contributed by atoms with Crippen molar-refractivity contribution in [2.45, 2.75) is 33.3 Å². The number of piperidine rings is 1. The van der Waals surface area contributed by atoms with Crippen molar-refractivity contribution in [3.63, 3.8) is 0 Å². The summed E-state index contributed by atoms with van der Waals surface area (Å²) in [4.78, 5) is 20.0. The van der Waals surface area contributed by atoms with Crippen molar-refractivity contribution in [2.75, 3.05) is 19.7 Å². The van der Waals surface area contributed by atoms with Gasteiger partial charge in [0, 0.05) is 12.7 Å². The fourth-order valence-electron chi connectivity index (χ4n) is 2.17. The number of hydrogen-bond donors (Lipinski definition) is 1. The average Bonchev–Trinajstić information content (AvgIpc) is 2.42. The number of aromatic nitrogens is 2. The van der Waals surface area contributed by atoms with Gasteiger partial charge in [0.05, 0.1) is 17.9 Å². The third-order valence-electron chi connectivity index (χ3n) is 3.47. The molecule has 1 aliphatic rings. The highest BCUT2D eigenvalue weighted by atomic mass is 16.5. The van der Waals surface area contributed by atoms with Crippen molar-refractivity contribution in [3.8, 4) is 6.01 Å². The van der Waals surface area contributed by atoms with Crippen LogP contribution in [0.1, 0.15) is 36.3 Å². The highest BCUT2D eigenvalue weighted by Gasteiger charge is 2.24. The number of hydrogen-bond acceptors (Lipinski definition) is 6. The number of nitrogens with zero attached hydrogens (tertiary/aromatic N) is 2. The van der Waals surface area contributed by atoms with E-state index in [1.807, 2.05) is 0 Å². The Labute approximate surface area is 118 Å². The molecule has 110 valence electrons. The number of carbonyl (C=O) groups is 1. The van der Waals surface area contributed by atoms with Crippen molar-refractivity contribution < 1.29 is 14.3 Å². The molecule has 6 heteroatoms. The van der Waals surface area contributed by atoms with Crippen molar-refractivity contribution in [1.29, 1.82) is 0 Å². The van der Waals surface area contributed by atoms with Crippen LogP contribution in [0.25, 0.3) is 0 Å². The molecule has 1 N–H and O–H groups in total. The van der Waals surface area contributed by atoms with Crippen LogP contribution >= 0.6 is 0 Å². The van der Waals surface area contributed by atoms with Gasteiger partial charge < -0.3 is 14.8 Å². The first-order chi connectivity index (χ1) is 9.61. The van der Waals surface area contributed by atoms with Crippen molar-refractivity contribution >= 4 is 5.97 Å². The summed E-state index contributed by atoms with van der Waals surface area (Å²) in [6.45, 7) is 7.82. The molecule has 1 aromatic rings. The molecule has 1 aliphatic heterocycles. The number of esters is 1. The van der Waals surface area contributed by atoms with E-state index < -0.39 is 5.97 Å². The van der Waals surface area contributed by atoms with Gasteiger partial charge in [0.2, 0.25) is 0 Å². The maximum Gasteiger partial charge on any atom is 0.341 e. The fourth-order valence-corrected chi connectivity index (χ4v) is 2.17. The molecule has 0 spiro atoms. The highest BCUT2D eigenvalue weighted by Crippen LogP contribution is 2.18. The molecule has 2 rings (SSSR count). The predicted molar refractivity (Wildman–Crippen MR) is 73.8 cm³/mol. The lowest BCUT2D eigenvalue weighted by atomic mass is 9.97. The summed E-state index contributed by atoms with van der Waals surface area (Å²) in [5.41, 5.74) is 0.957. The van der Waals surface area contributed by atoms with Crippen LogP contribution in [0.3, 0.4) is 0 Å². The lowest BCUT2D eigenvalue weighted by Gasteiger charge is -2.29. The molecule has 1 saturated heterocycles. The minimum Gasteiger partial charge on any atom is -0.462 e. The number of ether oxygens (including phenoxy) is 2. The second kappa shape index (κ2) is 6.65. The minimum atomic E-state index is -0.399. The number of aryl methyl sites for hydroxylation is 1. The Balaban J connectivity index is 2.06. The molecule has 0 amide bonds. The minimum absolute atomic E-state index is 0.0663. The van der Waals surface area contributed by atoms with Gasteiger partial charge in [0.25, 0.3) is 0 Å². The molecule has 20 heavy (non-hydrogen) atoms. The summed E-state index contributed by atoms with van der Waals surface area (Å²) in [7, 11) is 0. The van der Waals surface area contributed by atoms with E-state index in [9.17, 15) is 4.79 Å². The first-order valence-corrected chi connectivity index (χ1v) is 7.00. The molecule has 6 nitrogen and oxygen atoms in total. The van der Waals surface area contributed by atoms with Gasteiger partial charge in [-0.2, -0.15) is 4.98 Å². The molecule has 0 aromatic carbocycles. The zero-order valence-corrected chi connectivity index (χ0v) is 12.2. The summed E-state index contributed by atoms with van der Waals surface area (Å²) in [6.07, 6.45) is 2.61. The van der Waals surface area contributed by atoms with Crippen LogP contribution in [-0.2, 0) is 4.74 Å². The van der Waals surface area contributed by atoms with Crippen molar-refractivity contribution in [2.24, 2.45) is 5.92 Å². The SMILES string of the molecule is CCOC(=O)c1cnc(OC2CNCCC2C)nc1C. The van der Waals surface area contributed by atoms with Gasteiger partial charge in [0.1, 0.15) is 6.10 Å². The summed E-state index contributed by atoms with van der Waals surface area (Å²) in [5.74, 6) is 0.0640. The maximum absolute atomic E-state index is 11.7. The molecule has 0 saturated carbocycles. The molecule has 0 radical (unpaired) electrons. The molecule has 0 aliphatic carbocycles. The normalized spacial score (nSPS) is 22.4. The van der Waals surface area contributed by atoms with E-state index in [1.54, 1.807) is 13.8 Å². The van der Waals surface area contributed by atoms with Gasteiger partial charge in [-0.05, 0) is 32.7 Å². The second-order valence-electron chi connectivity index (χ2n) is 5.00. The topological polar surface area (TPSA) is 73.3 Å². The van der Waals surface area contributed by atoms with E-state index in [4.69, 9.17) is 9.47 Å². The van der Waals surface area contributed by atoms with Gasteiger partial charge in [0.15, 0.2) is 0 Å². The van der Waals surface area contributed by atoms with E-state index in [0.717, 1.165) is 19.5 Å². The van der Waals surface area contributed by atoms with E-state index in [0.29, 0.717) is 29.8 Å². The third-order valence-corrected chi connectivity index (χ3v) is 3.47. The Morgan fingerprint density at radius 3 is 3.00 bits per heavy atom. The van der Waals surface area contributed by atoms with Crippen LogP contribution in [0, 0.1) is 12.8 Å². The smallest absolute Gasteiger partial charge is 0.341 e. The summed E-state index contributed by atoms with van der Waals surface area (Å²) < 4.78 is 10.8. The largest absolute Gasteiger partial charge is 0.462 e. The predicted octanol–water partition coefficient (Wildman–Crippen LogP) is 1.34. The molecule has 2 atom stereocenters. The lowest BCUT2D eigenvalue weighted by Crippen LogP contribution is -2.43. The molecule has 1 aromatic heterocycles. The first kappa shape index (κ1) is 14.7. The van der Waals surface area contributed by atoms with Crippen molar-refractivity contribution in [3.05, 3.63) is 17.5 Å². The number of rotatable bonds is 4. The van der Waals surface area contributed by atoms with E-state index in [-0.39, 0.29) is 6.10 Å². The van der Waals surface area contributed by atoms with Gasteiger partial charge in [-0.15, -0.1) is 0 Å². The van der Waals surface area contributed by atoms with E-state index >= 15 is 0 Å². The van der Waals surface area contributed by atoms with E-state index in [1.165, 1.54) is 6.20 Å². The summed E-state index contributed by atoms with van der Waals surface area (Å²) >= 11 is 0. The summed E-state index contributed by atoms with van der Waals surface area (Å²) in [5, 5.41) is 3.29. The van der Waals surface area contributed by atoms with Gasteiger partial charge in [-0.25, -0.2) is 9.78 Å². The van der Waals surface area contributed by atoms with Crippen LogP contribution in [0.5, 0.6) is 6.01 Å². The van der Waals surface area contributed by atoms with Gasteiger partial charge in [-0.3, -0.25) is 0 Å². The second-order valence-corrected chi connectivity index (χ2v) is 5.00. The average molecular weight is 279 g/mol. The fraction of sp³-hybridized carbons (Fsp3) is 0.643. The van der Waals surface area contributed by atoms with Gasteiger partial charge in [-0.1, -0.05) is 6.92 Å². The first-order valence-electron chi connectivity index (χ1n) is 7.00. The lowest BCUT2D eigenvalue weighted by molar-refractivity contribution is 0.0523. The molecular formula is C14H21N3O3. The number of carbonyl (C=O) groups excluding carboxylic acids is 1. The van der Waals surface area contributed by atoms with Gasteiger partial charge >= 0.3 is 12.0 Å². The Morgan fingerprint density at radius 2 is 2.35 bits per heavy atom. The number of nitrogens with one attached hydrogen (secondary N) is 1. The van der Waals surface area contributed by atoms with E-state index in [2.05, 4.69) is 22.2 Å². The Bertz CT molecular complexity index is 479. The van der Waals surface area contributed by atoms with Crippen LogP contribution in [-0.4, -0.2) is 41.7 Å². The monoisotopic (exact) mass is 279 g/mol. The Morgan fingerprint density at radius 1 is 1.55 bits per heavy atom. The zero-order valence-electron chi connectivity index (χ0n) is 12.2. The standard InChI is InChI=1S/C14H21N3O3/c1-4-19-13(18)11-7-16-14(17-10(11)3)20-12-8-15-6-5-9(12)2/h7,9,12,15H,4-6,8H2,1-3H3. The quantitative estimate of drug-likeness (QED) is 0.838. The molecule has 2 unspecified atom stereocenters. The Kier molecular flexibility index (Phi) is 4.89. The Hall–Kier alpha value is -1.69. The van der Waals surface area contributed by atoms with Crippen LogP contribution in [0.15, 0.2) is 6.20 Å². The van der Waals surface area contributed by atoms with Crippen molar-refractivity contribution in [1.82, 2.24) is 15.3 Å². The third kappa shape index (κ3) is 3.45. The maximum atomic E-state index is 11.7. The van der Waals surface area contributed by atoms with Crippen LogP contribution < -0.4 is 10.1 Å². The molecule has 2 heterocycles. The van der Waals surface area contributed by atoms with Crippen LogP contribution in [0.4, 0.5) is 0 Å². The molecule has 0 bridgehead atoms. The van der Waals surface area contributed by atoms with Crippen LogP contribution in [0.2, 0.25) is 0 Å². The highest BCUT2D eigenvalue weighted by molar-refractivity contribution is 5.90. The zero-order chi connectivity index (χ0) is 14.5.